The number of rotatable bonds is 5. The number of hydrogen-bond donors (Lipinski definition) is 0. The molecule has 0 saturated carbocycles. The molecule has 0 bridgehead atoms. The van der Waals surface area contributed by atoms with Gasteiger partial charge in [0.25, 0.3) is 0 Å². The highest BCUT2D eigenvalue weighted by Gasteiger charge is 2.14. The zero-order chi connectivity index (χ0) is 21.0. The highest BCUT2D eigenvalue weighted by atomic mass is 32.2. The normalized spacial score (nSPS) is 11.0. The number of thioether (sulfide) groups is 1. The first-order valence-corrected chi connectivity index (χ1v) is 11.0. The number of aromatic nitrogens is 5. The van der Waals surface area contributed by atoms with Crippen LogP contribution in [-0.2, 0) is 5.75 Å². The van der Waals surface area contributed by atoms with Gasteiger partial charge in [0.2, 0.25) is 5.16 Å². The molecule has 2 heterocycles. The minimum atomic E-state index is 0.618. The first-order valence-electron chi connectivity index (χ1n) is 9.98. The molecule has 0 unspecified atom stereocenters. The second-order valence-corrected chi connectivity index (χ2v) is 8.00. The fraction of sp³-hybridized carbons (Fsp3) is 0.0800. The molecule has 0 aliphatic carbocycles. The zero-order valence-electron chi connectivity index (χ0n) is 16.9. The van der Waals surface area contributed by atoms with Gasteiger partial charge >= 0.3 is 0 Å². The van der Waals surface area contributed by atoms with E-state index in [2.05, 4.69) is 15.2 Å². The van der Waals surface area contributed by atoms with Gasteiger partial charge in [0.15, 0.2) is 0 Å². The maximum absolute atomic E-state index is 4.87. The van der Waals surface area contributed by atoms with Gasteiger partial charge in [0, 0.05) is 16.9 Å². The van der Waals surface area contributed by atoms with Crippen LogP contribution in [0.1, 0.15) is 11.4 Å². The molecule has 0 fully saturated rings. The third-order valence-corrected chi connectivity index (χ3v) is 5.79. The molecule has 5 rings (SSSR count). The Bertz CT molecular complexity index is 1340. The van der Waals surface area contributed by atoms with Crippen molar-refractivity contribution in [2.75, 3.05) is 0 Å². The molecule has 6 heteroatoms. The van der Waals surface area contributed by atoms with E-state index in [-0.39, 0.29) is 0 Å². The second-order valence-electron chi connectivity index (χ2n) is 7.06. The van der Waals surface area contributed by atoms with Gasteiger partial charge in [-0.1, -0.05) is 84.6 Å². The van der Waals surface area contributed by atoms with E-state index in [0.717, 1.165) is 44.9 Å². The summed E-state index contributed by atoms with van der Waals surface area (Å²) in [5, 5.41) is 9.56. The molecule has 0 spiro atoms. The predicted octanol–water partition coefficient (Wildman–Crippen LogP) is 5.75. The van der Waals surface area contributed by atoms with Crippen molar-refractivity contribution in [3.05, 3.63) is 96.3 Å². The monoisotopic (exact) mass is 421 g/mol. The van der Waals surface area contributed by atoms with Crippen molar-refractivity contribution in [3.8, 4) is 22.5 Å². The molecule has 0 aliphatic heterocycles. The van der Waals surface area contributed by atoms with Crippen LogP contribution in [0.4, 0.5) is 0 Å². The maximum atomic E-state index is 4.87. The van der Waals surface area contributed by atoms with Gasteiger partial charge in [-0.2, -0.15) is 0 Å². The van der Waals surface area contributed by atoms with Crippen molar-refractivity contribution in [2.24, 2.45) is 0 Å². The minimum absolute atomic E-state index is 0.618. The Hall–Kier alpha value is -3.64. The van der Waals surface area contributed by atoms with Crippen molar-refractivity contribution in [3.63, 3.8) is 0 Å². The van der Waals surface area contributed by atoms with Crippen molar-refractivity contribution < 1.29 is 0 Å². The van der Waals surface area contributed by atoms with Crippen molar-refractivity contribution in [1.29, 1.82) is 0 Å². The molecule has 3 aromatic carbocycles. The Kier molecular flexibility index (Phi) is 5.37. The fourth-order valence-corrected chi connectivity index (χ4v) is 4.15. The highest BCUT2D eigenvalue weighted by molar-refractivity contribution is 7.98. The van der Waals surface area contributed by atoms with Gasteiger partial charge in [0.05, 0.1) is 22.4 Å². The molecule has 0 radical (unpaired) electrons. The van der Waals surface area contributed by atoms with Crippen LogP contribution in [0.3, 0.4) is 0 Å². The van der Waals surface area contributed by atoms with E-state index < -0.39 is 0 Å². The first-order chi connectivity index (χ1) is 15.3. The summed E-state index contributed by atoms with van der Waals surface area (Å²) in [6.07, 6.45) is 0. The molecule has 5 nitrogen and oxygen atoms in total. The minimum Gasteiger partial charge on any atom is -0.250 e. The van der Waals surface area contributed by atoms with E-state index in [1.165, 1.54) is 11.8 Å². The summed E-state index contributed by atoms with van der Waals surface area (Å²) in [7, 11) is 0. The van der Waals surface area contributed by atoms with Gasteiger partial charge < -0.3 is 0 Å². The highest BCUT2D eigenvalue weighted by Crippen LogP contribution is 2.30. The summed E-state index contributed by atoms with van der Waals surface area (Å²) in [4.78, 5) is 14.3. The number of benzene rings is 3. The van der Waals surface area contributed by atoms with Crippen molar-refractivity contribution >= 4 is 22.8 Å². The molecular weight excluding hydrogens is 402 g/mol. The quantitative estimate of drug-likeness (QED) is 0.337. The molecule has 5 aromatic rings. The number of hydrogen-bond acceptors (Lipinski definition) is 6. The summed E-state index contributed by atoms with van der Waals surface area (Å²) in [6.45, 7) is 1.99. The van der Waals surface area contributed by atoms with Crippen LogP contribution >= 0.6 is 11.8 Å². The molecule has 0 saturated heterocycles. The second kappa shape index (κ2) is 8.62. The molecule has 0 N–H and O–H groups in total. The van der Waals surface area contributed by atoms with Crippen molar-refractivity contribution in [2.45, 2.75) is 17.8 Å². The number of fused-ring (bicyclic) bond motifs is 1. The van der Waals surface area contributed by atoms with Crippen LogP contribution in [0.25, 0.3) is 33.5 Å². The van der Waals surface area contributed by atoms with Crippen LogP contribution in [-0.4, -0.2) is 25.1 Å². The topological polar surface area (TPSA) is 64.5 Å². The molecular formula is C25H19N5S. The van der Waals surface area contributed by atoms with E-state index in [1.54, 1.807) is 0 Å². The smallest absolute Gasteiger partial charge is 0.210 e. The van der Waals surface area contributed by atoms with Crippen LogP contribution in [0.15, 0.2) is 90.1 Å². The summed E-state index contributed by atoms with van der Waals surface area (Å²) >= 11 is 1.52. The predicted molar refractivity (Wildman–Crippen MR) is 125 cm³/mol. The SMILES string of the molecule is Cc1nc2ccccc2nc1CSc1nnc(-c2ccccc2)c(-c2ccccc2)n1. The molecule has 2 aromatic heterocycles. The van der Waals surface area contributed by atoms with Gasteiger partial charge in [-0.3, -0.25) is 0 Å². The number of nitrogens with zero attached hydrogens (tertiary/aromatic N) is 5. The lowest BCUT2D eigenvalue weighted by Gasteiger charge is -2.10. The van der Waals surface area contributed by atoms with Crippen LogP contribution in [0, 0.1) is 6.92 Å². The largest absolute Gasteiger partial charge is 0.250 e. The molecule has 31 heavy (non-hydrogen) atoms. The summed E-state index contributed by atoms with van der Waals surface area (Å²) in [5.74, 6) is 0.629. The van der Waals surface area contributed by atoms with E-state index in [1.807, 2.05) is 91.9 Å². The third-order valence-electron chi connectivity index (χ3n) is 4.94. The molecule has 0 amide bonds. The van der Waals surface area contributed by atoms with E-state index in [9.17, 15) is 0 Å². The standard InChI is InChI=1S/C25H19N5S/c1-17-22(27-21-15-9-8-14-20(21)26-17)16-31-25-28-23(18-10-4-2-5-11-18)24(29-30-25)19-12-6-3-7-13-19/h2-15H,16H2,1H3. The van der Waals surface area contributed by atoms with E-state index in [0.29, 0.717) is 10.9 Å². The third kappa shape index (κ3) is 4.15. The average molecular weight is 422 g/mol. The van der Waals surface area contributed by atoms with Gasteiger partial charge in [-0.05, 0) is 19.1 Å². The van der Waals surface area contributed by atoms with E-state index >= 15 is 0 Å². The average Bonchev–Trinajstić information content (AvgIpc) is 2.83. The molecule has 0 aliphatic rings. The summed E-state index contributed by atoms with van der Waals surface area (Å²) < 4.78 is 0. The maximum Gasteiger partial charge on any atom is 0.210 e. The lowest BCUT2D eigenvalue weighted by atomic mass is 10.0. The first kappa shape index (κ1) is 19.3. The van der Waals surface area contributed by atoms with Gasteiger partial charge in [0.1, 0.15) is 11.4 Å². The Balaban J connectivity index is 1.49. The fourth-order valence-electron chi connectivity index (χ4n) is 3.35. The van der Waals surface area contributed by atoms with E-state index in [4.69, 9.17) is 9.97 Å². The van der Waals surface area contributed by atoms with Crippen molar-refractivity contribution in [1.82, 2.24) is 25.1 Å². The molecule has 150 valence electrons. The molecule has 0 atom stereocenters. The van der Waals surface area contributed by atoms with Gasteiger partial charge in [-0.25, -0.2) is 15.0 Å². The van der Waals surface area contributed by atoms with Crippen LogP contribution in [0.5, 0.6) is 0 Å². The lowest BCUT2D eigenvalue weighted by molar-refractivity contribution is 0.849. The summed E-state index contributed by atoms with van der Waals surface area (Å²) in [5.41, 5.74) is 7.26. The zero-order valence-corrected chi connectivity index (χ0v) is 17.8. The number of para-hydroxylation sites is 2. The Morgan fingerprint density at radius 2 is 1.19 bits per heavy atom. The van der Waals surface area contributed by atoms with Gasteiger partial charge in [-0.15, -0.1) is 10.2 Å². The summed E-state index contributed by atoms with van der Waals surface area (Å²) in [6, 6.07) is 28.1. The Morgan fingerprint density at radius 1 is 0.613 bits per heavy atom. The Labute approximate surface area is 184 Å². The Morgan fingerprint density at radius 3 is 1.87 bits per heavy atom. The number of aryl methyl sites for hydroxylation is 1. The van der Waals surface area contributed by atoms with Crippen LogP contribution in [0.2, 0.25) is 0 Å². The lowest BCUT2D eigenvalue weighted by Crippen LogP contribution is -2.01. The van der Waals surface area contributed by atoms with Crippen LogP contribution < -0.4 is 0 Å².